The lowest BCUT2D eigenvalue weighted by atomic mass is 10.0. The highest BCUT2D eigenvalue weighted by Crippen LogP contribution is 2.23. The van der Waals surface area contributed by atoms with E-state index >= 15 is 0 Å². The molecule has 164 valence electrons. The predicted molar refractivity (Wildman–Crippen MR) is 120 cm³/mol. The number of thiazole rings is 1. The summed E-state index contributed by atoms with van der Waals surface area (Å²) in [7, 11) is 0. The van der Waals surface area contributed by atoms with Gasteiger partial charge in [0, 0.05) is 29.6 Å². The number of aromatic nitrogens is 3. The summed E-state index contributed by atoms with van der Waals surface area (Å²) in [6.45, 7) is 4.22. The zero-order chi connectivity index (χ0) is 22.7. The highest BCUT2D eigenvalue weighted by molar-refractivity contribution is 7.12. The topological polar surface area (TPSA) is 59.8 Å². The number of amides is 1. The number of nitrogens with one attached hydrogen (secondary N) is 1. The van der Waals surface area contributed by atoms with Crippen LogP contribution >= 0.6 is 11.3 Å². The minimum atomic E-state index is -0.307. The van der Waals surface area contributed by atoms with Crippen molar-refractivity contribution in [3.8, 4) is 5.13 Å². The van der Waals surface area contributed by atoms with E-state index in [0.717, 1.165) is 28.1 Å². The summed E-state index contributed by atoms with van der Waals surface area (Å²) in [5.41, 5.74) is 5.19. The standard InChI is InChI=1S/C24H22F2N4OS/c1-15-22(11-18-4-3-5-20(26)10-18)16(2)30(29-15)24-28-21(14-32-24)12-23(31)27-13-17-6-8-19(25)9-7-17/h3-10,14H,11-13H2,1-2H3,(H,27,31). The summed E-state index contributed by atoms with van der Waals surface area (Å²) >= 11 is 1.41. The zero-order valence-electron chi connectivity index (χ0n) is 17.7. The monoisotopic (exact) mass is 452 g/mol. The molecule has 0 saturated heterocycles. The summed E-state index contributed by atoms with van der Waals surface area (Å²) in [4.78, 5) is 16.9. The van der Waals surface area contributed by atoms with Gasteiger partial charge < -0.3 is 5.32 Å². The largest absolute Gasteiger partial charge is 0.352 e. The minimum absolute atomic E-state index is 0.146. The van der Waals surface area contributed by atoms with Gasteiger partial charge in [0.15, 0.2) is 0 Å². The normalized spacial score (nSPS) is 11.0. The molecular weight excluding hydrogens is 430 g/mol. The molecule has 0 unspecified atom stereocenters. The maximum atomic E-state index is 13.5. The van der Waals surface area contributed by atoms with Crippen molar-refractivity contribution in [1.29, 1.82) is 0 Å². The molecule has 4 aromatic rings. The van der Waals surface area contributed by atoms with E-state index in [1.165, 1.54) is 35.6 Å². The first-order valence-electron chi connectivity index (χ1n) is 10.1. The molecule has 1 amide bonds. The van der Waals surface area contributed by atoms with Gasteiger partial charge in [0.25, 0.3) is 0 Å². The van der Waals surface area contributed by atoms with Crippen LogP contribution in [-0.4, -0.2) is 20.7 Å². The molecule has 8 heteroatoms. The van der Waals surface area contributed by atoms with Crippen LogP contribution in [0.15, 0.2) is 53.9 Å². The van der Waals surface area contributed by atoms with Gasteiger partial charge in [-0.2, -0.15) is 5.10 Å². The van der Waals surface area contributed by atoms with Gasteiger partial charge in [-0.15, -0.1) is 11.3 Å². The maximum Gasteiger partial charge on any atom is 0.226 e. The molecule has 2 aromatic heterocycles. The van der Waals surface area contributed by atoms with Gasteiger partial charge in [0.05, 0.1) is 17.8 Å². The Hall–Kier alpha value is -3.39. The Kier molecular flexibility index (Phi) is 6.41. The minimum Gasteiger partial charge on any atom is -0.352 e. The molecule has 0 fully saturated rings. The number of halogens is 2. The fraction of sp³-hybridized carbons (Fsp3) is 0.208. The SMILES string of the molecule is Cc1nn(-c2nc(CC(=O)NCc3ccc(F)cc3)cs2)c(C)c1Cc1cccc(F)c1. The highest BCUT2D eigenvalue weighted by atomic mass is 32.1. The third-order valence-corrected chi connectivity index (χ3v) is 6.04. The van der Waals surface area contributed by atoms with Crippen LogP contribution in [0.2, 0.25) is 0 Å². The number of carbonyl (C=O) groups is 1. The van der Waals surface area contributed by atoms with E-state index in [1.807, 2.05) is 25.3 Å². The Morgan fingerprint density at radius 3 is 2.59 bits per heavy atom. The van der Waals surface area contributed by atoms with Crippen molar-refractivity contribution in [1.82, 2.24) is 20.1 Å². The average Bonchev–Trinajstić information content (AvgIpc) is 3.33. The zero-order valence-corrected chi connectivity index (χ0v) is 18.5. The van der Waals surface area contributed by atoms with Crippen LogP contribution in [0.3, 0.4) is 0 Å². The van der Waals surface area contributed by atoms with E-state index in [4.69, 9.17) is 0 Å². The fourth-order valence-electron chi connectivity index (χ4n) is 3.47. The Morgan fingerprint density at radius 2 is 1.84 bits per heavy atom. The number of nitrogens with zero attached hydrogens (tertiary/aromatic N) is 3. The van der Waals surface area contributed by atoms with Crippen LogP contribution in [0.1, 0.15) is 33.8 Å². The molecule has 0 aliphatic carbocycles. The lowest BCUT2D eigenvalue weighted by Gasteiger charge is -2.04. The van der Waals surface area contributed by atoms with Gasteiger partial charge in [-0.25, -0.2) is 18.4 Å². The Bertz CT molecular complexity index is 1250. The van der Waals surface area contributed by atoms with Crippen LogP contribution in [0.25, 0.3) is 5.13 Å². The first kappa shape index (κ1) is 21.8. The van der Waals surface area contributed by atoms with Crippen molar-refractivity contribution in [2.24, 2.45) is 0 Å². The molecule has 0 aliphatic rings. The summed E-state index contributed by atoms with van der Waals surface area (Å²) in [5.74, 6) is -0.725. The summed E-state index contributed by atoms with van der Waals surface area (Å²) < 4.78 is 28.3. The van der Waals surface area contributed by atoms with Crippen molar-refractivity contribution in [2.45, 2.75) is 33.2 Å². The Morgan fingerprint density at radius 1 is 1.06 bits per heavy atom. The highest BCUT2D eigenvalue weighted by Gasteiger charge is 2.16. The van der Waals surface area contributed by atoms with Crippen LogP contribution in [0.4, 0.5) is 8.78 Å². The van der Waals surface area contributed by atoms with Crippen LogP contribution in [-0.2, 0) is 24.2 Å². The van der Waals surface area contributed by atoms with Crippen molar-refractivity contribution >= 4 is 17.2 Å². The van der Waals surface area contributed by atoms with E-state index in [2.05, 4.69) is 15.4 Å². The third-order valence-electron chi connectivity index (χ3n) is 5.18. The van der Waals surface area contributed by atoms with Crippen LogP contribution in [0.5, 0.6) is 0 Å². The first-order valence-corrected chi connectivity index (χ1v) is 11.0. The smallest absolute Gasteiger partial charge is 0.226 e. The second-order valence-electron chi connectivity index (χ2n) is 7.57. The van der Waals surface area contributed by atoms with Gasteiger partial charge in [-0.1, -0.05) is 24.3 Å². The van der Waals surface area contributed by atoms with Gasteiger partial charge >= 0.3 is 0 Å². The molecule has 0 aliphatic heterocycles. The second kappa shape index (κ2) is 9.40. The van der Waals surface area contributed by atoms with Crippen molar-refractivity contribution in [2.75, 3.05) is 0 Å². The number of benzene rings is 2. The summed E-state index contributed by atoms with van der Waals surface area (Å²) in [5, 5.41) is 9.96. The van der Waals surface area contributed by atoms with E-state index in [9.17, 15) is 13.6 Å². The molecule has 0 spiro atoms. The van der Waals surface area contributed by atoms with Gasteiger partial charge in [0.2, 0.25) is 11.0 Å². The molecule has 2 heterocycles. The van der Waals surface area contributed by atoms with Gasteiger partial charge in [-0.05, 0) is 49.2 Å². The van der Waals surface area contributed by atoms with Crippen LogP contribution < -0.4 is 5.32 Å². The molecule has 5 nitrogen and oxygen atoms in total. The second-order valence-corrected chi connectivity index (χ2v) is 8.41. The van der Waals surface area contributed by atoms with Gasteiger partial charge in [-0.3, -0.25) is 4.79 Å². The van der Waals surface area contributed by atoms with Gasteiger partial charge in [0.1, 0.15) is 11.6 Å². The Labute approximate surface area is 188 Å². The number of aryl methyl sites for hydroxylation is 1. The fourth-order valence-corrected chi connectivity index (χ4v) is 4.30. The molecule has 0 saturated carbocycles. The number of carbonyl (C=O) groups excluding carboxylic acids is 1. The molecule has 4 rings (SSSR count). The molecule has 0 bridgehead atoms. The molecular formula is C24H22F2N4OS. The number of hydrogen-bond donors (Lipinski definition) is 1. The van der Waals surface area contributed by atoms with E-state index < -0.39 is 0 Å². The van der Waals surface area contributed by atoms with E-state index in [0.29, 0.717) is 23.8 Å². The molecule has 0 atom stereocenters. The first-order chi connectivity index (χ1) is 15.4. The number of hydrogen-bond acceptors (Lipinski definition) is 4. The van der Waals surface area contributed by atoms with E-state index in [-0.39, 0.29) is 24.0 Å². The van der Waals surface area contributed by atoms with Crippen molar-refractivity contribution in [3.05, 3.63) is 99.3 Å². The third kappa shape index (κ3) is 5.08. The predicted octanol–water partition coefficient (Wildman–Crippen LogP) is 4.67. The lowest BCUT2D eigenvalue weighted by Crippen LogP contribution is -2.24. The summed E-state index contributed by atoms with van der Waals surface area (Å²) in [6, 6.07) is 12.6. The van der Waals surface area contributed by atoms with Crippen molar-refractivity contribution in [3.63, 3.8) is 0 Å². The molecule has 0 radical (unpaired) electrons. The lowest BCUT2D eigenvalue weighted by molar-refractivity contribution is -0.120. The van der Waals surface area contributed by atoms with Crippen molar-refractivity contribution < 1.29 is 13.6 Å². The molecule has 2 aromatic carbocycles. The Balaban J connectivity index is 1.43. The van der Waals surface area contributed by atoms with Crippen LogP contribution in [0, 0.1) is 25.5 Å². The molecule has 1 N–H and O–H groups in total. The summed E-state index contributed by atoms with van der Waals surface area (Å²) in [6.07, 6.45) is 0.729. The average molecular weight is 453 g/mol. The quantitative estimate of drug-likeness (QED) is 0.443. The maximum absolute atomic E-state index is 13.5. The molecule has 32 heavy (non-hydrogen) atoms. The van der Waals surface area contributed by atoms with E-state index in [1.54, 1.807) is 22.9 Å². The number of rotatable bonds is 7.